The maximum Gasteiger partial charge on any atom is 0.323 e. The molecule has 138 valence electrons. The Kier molecular flexibility index (Phi) is 6.25. The minimum absolute atomic E-state index is 0.104. The number of likely N-dealkylation sites (tertiary alicyclic amines) is 1. The van der Waals surface area contributed by atoms with Crippen LogP contribution < -0.4 is 5.32 Å². The van der Waals surface area contributed by atoms with E-state index in [4.69, 9.17) is 0 Å². The number of hydrogen-bond acceptors (Lipinski definition) is 5. The zero-order valence-electron chi connectivity index (χ0n) is 14.9. The number of nitrogens with zero attached hydrogens (tertiary/aromatic N) is 4. The number of nitrogens with one attached hydrogen (secondary N) is 1. The summed E-state index contributed by atoms with van der Waals surface area (Å²) in [6.45, 7) is 6.94. The highest BCUT2D eigenvalue weighted by atomic mass is 32.1. The van der Waals surface area contributed by atoms with Crippen molar-refractivity contribution in [2.45, 2.75) is 32.6 Å². The van der Waals surface area contributed by atoms with Gasteiger partial charge in [-0.15, -0.1) is 11.3 Å². The Morgan fingerprint density at radius 2 is 1.72 bits per heavy atom. The van der Waals surface area contributed by atoms with Crippen LogP contribution in [-0.4, -0.2) is 77.4 Å². The Hall–Kier alpha value is -1.67. The van der Waals surface area contributed by atoms with Gasteiger partial charge in [-0.05, 0) is 19.8 Å². The maximum atomic E-state index is 12.5. The van der Waals surface area contributed by atoms with Gasteiger partial charge in [-0.3, -0.25) is 15.0 Å². The summed E-state index contributed by atoms with van der Waals surface area (Å²) >= 11 is 1.44. The van der Waals surface area contributed by atoms with Gasteiger partial charge in [0.25, 0.3) is 0 Å². The molecule has 2 aliphatic rings. The van der Waals surface area contributed by atoms with E-state index >= 15 is 0 Å². The number of urea groups is 1. The van der Waals surface area contributed by atoms with Crippen molar-refractivity contribution in [1.29, 1.82) is 0 Å². The SMILES string of the molecule is Cc1csc(NC(=O)N2CCN(CC(=O)N3CCCCCC3)CC2)n1. The summed E-state index contributed by atoms with van der Waals surface area (Å²) in [5, 5.41) is 5.41. The van der Waals surface area contributed by atoms with E-state index < -0.39 is 0 Å². The number of rotatable bonds is 3. The van der Waals surface area contributed by atoms with E-state index in [2.05, 4.69) is 15.2 Å². The Morgan fingerprint density at radius 1 is 1.04 bits per heavy atom. The molecular weight excluding hydrogens is 338 g/mol. The molecule has 0 aliphatic carbocycles. The highest BCUT2D eigenvalue weighted by Gasteiger charge is 2.24. The molecule has 2 fully saturated rings. The van der Waals surface area contributed by atoms with Crippen molar-refractivity contribution in [3.63, 3.8) is 0 Å². The van der Waals surface area contributed by atoms with E-state index in [-0.39, 0.29) is 11.9 Å². The van der Waals surface area contributed by atoms with Crippen molar-refractivity contribution in [2.24, 2.45) is 0 Å². The van der Waals surface area contributed by atoms with Gasteiger partial charge in [-0.1, -0.05) is 12.8 Å². The van der Waals surface area contributed by atoms with Crippen LogP contribution in [0.15, 0.2) is 5.38 Å². The molecule has 7 nitrogen and oxygen atoms in total. The van der Waals surface area contributed by atoms with Crippen LogP contribution >= 0.6 is 11.3 Å². The van der Waals surface area contributed by atoms with E-state index in [1.54, 1.807) is 4.90 Å². The van der Waals surface area contributed by atoms with Crippen LogP contribution in [0, 0.1) is 6.92 Å². The summed E-state index contributed by atoms with van der Waals surface area (Å²) in [5.41, 5.74) is 0.914. The molecule has 0 saturated carbocycles. The first-order valence-electron chi connectivity index (χ1n) is 9.10. The number of anilines is 1. The quantitative estimate of drug-likeness (QED) is 0.890. The summed E-state index contributed by atoms with van der Waals surface area (Å²) < 4.78 is 0. The van der Waals surface area contributed by atoms with Crippen LogP contribution in [0.1, 0.15) is 31.4 Å². The van der Waals surface area contributed by atoms with Crippen LogP contribution in [0.3, 0.4) is 0 Å². The van der Waals surface area contributed by atoms with Crippen LogP contribution in [0.5, 0.6) is 0 Å². The largest absolute Gasteiger partial charge is 0.342 e. The molecule has 3 heterocycles. The first kappa shape index (κ1) is 18.1. The number of aromatic nitrogens is 1. The third-order valence-electron chi connectivity index (χ3n) is 4.81. The van der Waals surface area contributed by atoms with E-state index in [1.165, 1.54) is 24.2 Å². The molecule has 2 saturated heterocycles. The molecule has 1 N–H and O–H groups in total. The molecule has 0 radical (unpaired) electrons. The molecule has 0 spiro atoms. The molecule has 25 heavy (non-hydrogen) atoms. The van der Waals surface area contributed by atoms with Crippen molar-refractivity contribution in [2.75, 3.05) is 51.1 Å². The second-order valence-electron chi connectivity index (χ2n) is 6.78. The normalized spacial score (nSPS) is 19.6. The molecule has 3 rings (SSSR count). The van der Waals surface area contributed by atoms with Crippen LogP contribution in [0.2, 0.25) is 0 Å². The number of carbonyl (C=O) groups excluding carboxylic acids is 2. The van der Waals surface area contributed by atoms with Crippen molar-refractivity contribution >= 4 is 28.4 Å². The fourth-order valence-corrected chi connectivity index (χ4v) is 3.98. The molecule has 8 heteroatoms. The van der Waals surface area contributed by atoms with Gasteiger partial charge in [0.05, 0.1) is 12.2 Å². The lowest BCUT2D eigenvalue weighted by molar-refractivity contribution is -0.132. The summed E-state index contributed by atoms with van der Waals surface area (Å²) in [4.78, 5) is 35.0. The van der Waals surface area contributed by atoms with E-state index in [0.29, 0.717) is 24.8 Å². The highest BCUT2D eigenvalue weighted by Crippen LogP contribution is 2.16. The van der Waals surface area contributed by atoms with Gasteiger partial charge >= 0.3 is 6.03 Å². The highest BCUT2D eigenvalue weighted by molar-refractivity contribution is 7.13. The zero-order valence-corrected chi connectivity index (χ0v) is 15.7. The molecule has 3 amide bonds. The lowest BCUT2D eigenvalue weighted by Crippen LogP contribution is -2.52. The molecule has 0 bridgehead atoms. The number of hydrogen-bond donors (Lipinski definition) is 1. The van der Waals surface area contributed by atoms with E-state index in [0.717, 1.165) is 44.7 Å². The van der Waals surface area contributed by atoms with E-state index in [9.17, 15) is 9.59 Å². The molecular formula is C17H27N5O2S. The summed E-state index contributed by atoms with van der Waals surface area (Å²) in [6.07, 6.45) is 4.71. The number of thiazole rings is 1. The second-order valence-corrected chi connectivity index (χ2v) is 7.64. The topological polar surface area (TPSA) is 68.8 Å². The van der Waals surface area contributed by atoms with Crippen LogP contribution in [0.4, 0.5) is 9.93 Å². The first-order chi connectivity index (χ1) is 12.1. The minimum atomic E-state index is -0.104. The summed E-state index contributed by atoms with van der Waals surface area (Å²) in [5.74, 6) is 0.234. The first-order valence-corrected chi connectivity index (χ1v) is 9.98. The fraction of sp³-hybridized carbons (Fsp3) is 0.706. The molecule has 1 aromatic rings. The van der Waals surface area contributed by atoms with Crippen molar-refractivity contribution in [3.05, 3.63) is 11.1 Å². The average Bonchev–Trinajstić information content (AvgIpc) is 2.86. The standard InChI is InChI=1S/C17H27N5O2S/c1-14-13-25-16(18-14)19-17(24)22-10-8-20(9-11-22)12-15(23)21-6-4-2-3-5-7-21/h13H,2-12H2,1H3,(H,18,19,24). The molecule has 1 aromatic heterocycles. The maximum absolute atomic E-state index is 12.5. The molecule has 2 aliphatic heterocycles. The van der Waals surface area contributed by atoms with Gasteiger partial charge in [0.2, 0.25) is 5.91 Å². The Morgan fingerprint density at radius 3 is 2.32 bits per heavy atom. The summed E-state index contributed by atoms with van der Waals surface area (Å²) in [6, 6.07) is -0.104. The van der Waals surface area contributed by atoms with Gasteiger partial charge in [-0.2, -0.15) is 0 Å². The number of piperazine rings is 1. The number of aryl methyl sites for hydroxylation is 1. The van der Waals surface area contributed by atoms with Crippen LogP contribution in [0.25, 0.3) is 0 Å². The van der Waals surface area contributed by atoms with Gasteiger partial charge in [0.1, 0.15) is 0 Å². The predicted octanol–water partition coefficient (Wildman–Crippen LogP) is 2.00. The second kappa shape index (κ2) is 8.62. The monoisotopic (exact) mass is 365 g/mol. The lowest BCUT2D eigenvalue weighted by atomic mass is 10.2. The molecule has 0 unspecified atom stereocenters. The zero-order chi connectivity index (χ0) is 17.6. The lowest BCUT2D eigenvalue weighted by Gasteiger charge is -2.35. The van der Waals surface area contributed by atoms with Gasteiger partial charge in [0, 0.05) is 44.6 Å². The minimum Gasteiger partial charge on any atom is -0.342 e. The van der Waals surface area contributed by atoms with Gasteiger partial charge in [0.15, 0.2) is 5.13 Å². The van der Waals surface area contributed by atoms with Crippen molar-refractivity contribution in [3.8, 4) is 0 Å². The molecule has 0 atom stereocenters. The van der Waals surface area contributed by atoms with E-state index in [1.807, 2.05) is 17.2 Å². The average molecular weight is 366 g/mol. The smallest absolute Gasteiger partial charge is 0.323 e. The van der Waals surface area contributed by atoms with Crippen molar-refractivity contribution in [1.82, 2.24) is 19.7 Å². The Labute approximate surface area is 153 Å². The third-order valence-corrected chi connectivity index (χ3v) is 5.69. The Balaban J connectivity index is 1.42. The van der Waals surface area contributed by atoms with Crippen LogP contribution in [-0.2, 0) is 4.79 Å². The third kappa shape index (κ3) is 5.15. The van der Waals surface area contributed by atoms with Gasteiger partial charge < -0.3 is 9.80 Å². The van der Waals surface area contributed by atoms with Gasteiger partial charge in [-0.25, -0.2) is 9.78 Å². The number of carbonyl (C=O) groups is 2. The number of amides is 3. The molecule has 0 aromatic carbocycles. The fourth-order valence-electron chi connectivity index (χ4n) is 3.30. The predicted molar refractivity (Wildman–Crippen MR) is 98.9 cm³/mol. The summed E-state index contributed by atoms with van der Waals surface area (Å²) in [7, 11) is 0. The van der Waals surface area contributed by atoms with Crippen molar-refractivity contribution < 1.29 is 9.59 Å². The Bertz CT molecular complexity index is 590.